The van der Waals surface area contributed by atoms with Gasteiger partial charge in [0.1, 0.15) is 17.0 Å². The van der Waals surface area contributed by atoms with Crippen LogP contribution in [-0.2, 0) is 0 Å². The summed E-state index contributed by atoms with van der Waals surface area (Å²) in [5.41, 5.74) is 6.81. The van der Waals surface area contributed by atoms with Crippen molar-refractivity contribution in [3.05, 3.63) is 127 Å². The molecule has 0 fully saturated rings. The van der Waals surface area contributed by atoms with Crippen LogP contribution in [0.5, 0.6) is 0 Å². The standard InChI is InChI=1S/C34H21N3O/c1-3-11-22(12-4-1)28-20-33(36-34(35-28)23-13-5-2-6-14-23)37-29-17-9-7-15-24(29)26-19-27-25-16-8-10-18-31(25)38-32(27)21-30(26)37/h1-21H. The molecular formula is C34H21N3O. The summed E-state index contributed by atoms with van der Waals surface area (Å²) in [6.45, 7) is 0. The Kier molecular flexibility index (Phi) is 4.49. The summed E-state index contributed by atoms with van der Waals surface area (Å²) < 4.78 is 8.52. The summed E-state index contributed by atoms with van der Waals surface area (Å²) in [4.78, 5) is 10.1. The van der Waals surface area contributed by atoms with Crippen LogP contribution in [0.15, 0.2) is 132 Å². The maximum atomic E-state index is 6.29. The molecule has 4 heteroatoms. The molecule has 0 amide bonds. The number of hydrogen-bond donors (Lipinski definition) is 0. The fourth-order valence-electron chi connectivity index (χ4n) is 5.46. The lowest BCUT2D eigenvalue weighted by molar-refractivity contribution is 0.669. The van der Waals surface area contributed by atoms with Crippen molar-refractivity contribution in [1.29, 1.82) is 0 Å². The van der Waals surface area contributed by atoms with Crippen LogP contribution in [0.1, 0.15) is 0 Å². The van der Waals surface area contributed by atoms with E-state index in [9.17, 15) is 0 Å². The van der Waals surface area contributed by atoms with Crippen LogP contribution in [0, 0.1) is 0 Å². The molecule has 0 bridgehead atoms. The molecule has 0 radical (unpaired) electrons. The van der Waals surface area contributed by atoms with Crippen LogP contribution in [0.2, 0.25) is 0 Å². The SMILES string of the molecule is c1ccc(-c2cc(-n3c4ccccc4c4cc5c(cc43)oc3ccccc35)nc(-c3ccccc3)n2)cc1. The van der Waals surface area contributed by atoms with Gasteiger partial charge in [0.2, 0.25) is 0 Å². The normalized spacial score (nSPS) is 11.7. The van der Waals surface area contributed by atoms with Gasteiger partial charge in [-0.3, -0.25) is 4.57 Å². The molecule has 0 saturated heterocycles. The number of rotatable bonds is 3. The third-order valence-electron chi connectivity index (χ3n) is 7.21. The monoisotopic (exact) mass is 487 g/mol. The second-order valence-corrected chi connectivity index (χ2v) is 9.48. The maximum Gasteiger partial charge on any atom is 0.162 e. The third kappa shape index (κ3) is 3.17. The van der Waals surface area contributed by atoms with Gasteiger partial charge in [0.05, 0.1) is 16.7 Å². The summed E-state index contributed by atoms with van der Waals surface area (Å²) in [5, 5.41) is 4.59. The molecule has 38 heavy (non-hydrogen) atoms. The molecule has 3 aromatic heterocycles. The summed E-state index contributed by atoms with van der Waals surface area (Å²) >= 11 is 0. The number of nitrogens with zero attached hydrogens (tertiary/aromatic N) is 3. The van der Waals surface area contributed by atoms with Crippen molar-refractivity contribution in [2.24, 2.45) is 0 Å². The molecule has 0 aliphatic rings. The minimum Gasteiger partial charge on any atom is -0.456 e. The largest absolute Gasteiger partial charge is 0.456 e. The van der Waals surface area contributed by atoms with Gasteiger partial charge in [-0.25, -0.2) is 9.97 Å². The van der Waals surface area contributed by atoms with Gasteiger partial charge < -0.3 is 4.42 Å². The molecular weight excluding hydrogens is 466 g/mol. The van der Waals surface area contributed by atoms with E-state index in [-0.39, 0.29) is 0 Å². The van der Waals surface area contributed by atoms with Crippen molar-refractivity contribution < 1.29 is 4.42 Å². The molecule has 0 aliphatic heterocycles. The number of hydrogen-bond acceptors (Lipinski definition) is 3. The Morgan fingerprint density at radius 2 is 1.16 bits per heavy atom. The molecule has 5 aromatic carbocycles. The zero-order chi connectivity index (χ0) is 25.1. The lowest BCUT2D eigenvalue weighted by Gasteiger charge is -2.12. The van der Waals surface area contributed by atoms with E-state index in [2.05, 4.69) is 83.4 Å². The summed E-state index contributed by atoms with van der Waals surface area (Å²) in [6, 6.07) is 43.6. The Morgan fingerprint density at radius 3 is 1.97 bits per heavy atom. The molecule has 0 N–H and O–H groups in total. The van der Waals surface area contributed by atoms with Gasteiger partial charge in [0, 0.05) is 44.8 Å². The van der Waals surface area contributed by atoms with Gasteiger partial charge in [-0.05, 0) is 18.2 Å². The van der Waals surface area contributed by atoms with Gasteiger partial charge >= 0.3 is 0 Å². The van der Waals surface area contributed by atoms with Crippen molar-refractivity contribution in [2.45, 2.75) is 0 Å². The molecule has 178 valence electrons. The molecule has 0 aliphatic carbocycles. The van der Waals surface area contributed by atoms with Crippen molar-refractivity contribution in [1.82, 2.24) is 14.5 Å². The van der Waals surface area contributed by atoms with Crippen LogP contribution >= 0.6 is 0 Å². The smallest absolute Gasteiger partial charge is 0.162 e. The van der Waals surface area contributed by atoms with E-state index < -0.39 is 0 Å². The lowest BCUT2D eigenvalue weighted by Crippen LogP contribution is -2.02. The van der Waals surface area contributed by atoms with Crippen LogP contribution in [0.25, 0.3) is 72.2 Å². The quantitative estimate of drug-likeness (QED) is 0.250. The molecule has 0 atom stereocenters. The first-order valence-electron chi connectivity index (χ1n) is 12.7. The summed E-state index contributed by atoms with van der Waals surface area (Å²) in [7, 11) is 0. The highest BCUT2D eigenvalue weighted by atomic mass is 16.3. The fourth-order valence-corrected chi connectivity index (χ4v) is 5.46. The maximum absolute atomic E-state index is 6.29. The minimum absolute atomic E-state index is 0.692. The highest BCUT2D eigenvalue weighted by Gasteiger charge is 2.18. The number of para-hydroxylation sites is 2. The summed E-state index contributed by atoms with van der Waals surface area (Å²) in [5.74, 6) is 1.51. The van der Waals surface area contributed by atoms with Crippen molar-refractivity contribution in [3.8, 4) is 28.5 Å². The van der Waals surface area contributed by atoms with Crippen LogP contribution in [-0.4, -0.2) is 14.5 Å². The molecule has 4 nitrogen and oxygen atoms in total. The minimum atomic E-state index is 0.692. The lowest BCUT2D eigenvalue weighted by atomic mass is 10.1. The Balaban J connectivity index is 1.48. The fraction of sp³-hybridized carbons (Fsp3) is 0. The Morgan fingerprint density at radius 1 is 0.474 bits per heavy atom. The first-order chi connectivity index (χ1) is 18.8. The van der Waals surface area contributed by atoms with Gasteiger partial charge in [-0.2, -0.15) is 0 Å². The molecule has 0 spiro atoms. The van der Waals surface area contributed by atoms with Crippen LogP contribution < -0.4 is 0 Å². The predicted octanol–water partition coefficient (Wildman–Crippen LogP) is 8.81. The highest BCUT2D eigenvalue weighted by Crippen LogP contribution is 2.38. The molecule has 8 rings (SSSR count). The molecule has 0 unspecified atom stereocenters. The van der Waals surface area contributed by atoms with E-state index in [1.807, 2.05) is 48.5 Å². The van der Waals surface area contributed by atoms with Gasteiger partial charge in [0.15, 0.2) is 5.82 Å². The first-order valence-corrected chi connectivity index (χ1v) is 12.7. The Labute approximate surface area is 218 Å². The summed E-state index contributed by atoms with van der Waals surface area (Å²) in [6.07, 6.45) is 0. The third-order valence-corrected chi connectivity index (χ3v) is 7.21. The molecule has 3 heterocycles. The number of furan rings is 1. The average Bonchev–Trinajstić information content (AvgIpc) is 3.51. The van der Waals surface area contributed by atoms with Gasteiger partial charge in [0.25, 0.3) is 0 Å². The van der Waals surface area contributed by atoms with Crippen LogP contribution in [0.3, 0.4) is 0 Å². The number of fused-ring (bicyclic) bond motifs is 6. The van der Waals surface area contributed by atoms with E-state index in [0.717, 1.165) is 55.6 Å². The van der Waals surface area contributed by atoms with E-state index in [1.54, 1.807) is 0 Å². The van der Waals surface area contributed by atoms with Crippen molar-refractivity contribution in [2.75, 3.05) is 0 Å². The van der Waals surface area contributed by atoms with Crippen molar-refractivity contribution in [3.63, 3.8) is 0 Å². The van der Waals surface area contributed by atoms with Gasteiger partial charge in [-0.1, -0.05) is 97.1 Å². The van der Waals surface area contributed by atoms with E-state index in [1.165, 1.54) is 10.8 Å². The molecule has 0 saturated carbocycles. The first kappa shape index (κ1) is 20.9. The zero-order valence-corrected chi connectivity index (χ0v) is 20.4. The zero-order valence-electron chi connectivity index (χ0n) is 20.4. The number of benzene rings is 5. The Hall–Kier alpha value is -5.22. The second-order valence-electron chi connectivity index (χ2n) is 9.48. The Bertz CT molecular complexity index is 2070. The predicted molar refractivity (Wildman–Crippen MR) is 155 cm³/mol. The number of aromatic nitrogens is 3. The van der Waals surface area contributed by atoms with Crippen molar-refractivity contribution >= 4 is 43.7 Å². The average molecular weight is 488 g/mol. The second kappa shape index (κ2) is 8.15. The molecule has 8 aromatic rings. The topological polar surface area (TPSA) is 43.9 Å². The van der Waals surface area contributed by atoms with E-state index in [4.69, 9.17) is 14.4 Å². The highest BCUT2D eigenvalue weighted by molar-refractivity contribution is 6.17. The van der Waals surface area contributed by atoms with Crippen LogP contribution in [0.4, 0.5) is 0 Å². The van der Waals surface area contributed by atoms with Gasteiger partial charge in [-0.15, -0.1) is 0 Å². The van der Waals surface area contributed by atoms with E-state index in [0.29, 0.717) is 5.82 Å². The van der Waals surface area contributed by atoms with E-state index >= 15 is 0 Å².